The topological polar surface area (TPSA) is 40.5 Å². The van der Waals surface area contributed by atoms with Crippen LogP contribution in [0.1, 0.15) is 39.5 Å². The number of hydrogen-bond donors (Lipinski definition) is 2. The molecule has 0 aromatic rings. The molecular weight excluding hydrogens is 398 g/mol. The van der Waals surface area contributed by atoms with E-state index >= 15 is 0 Å². The van der Waals surface area contributed by atoms with Gasteiger partial charge in [0.15, 0.2) is 0 Å². The summed E-state index contributed by atoms with van der Waals surface area (Å²) in [6.07, 6.45) is 13.0. The van der Waals surface area contributed by atoms with E-state index in [1.807, 2.05) is 0 Å². The van der Waals surface area contributed by atoms with E-state index in [9.17, 15) is 0 Å². The average Bonchev–Trinajstić information content (AvgIpc) is 3.01. The molecule has 0 spiro atoms. The first-order chi connectivity index (χ1) is 9.65. The Kier molecular flexibility index (Phi) is 11.0. The van der Waals surface area contributed by atoms with Crippen LogP contribution >= 0.6 is 24.8 Å². The summed E-state index contributed by atoms with van der Waals surface area (Å²) in [6.45, 7) is 5.05. The van der Waals surface area contributed by atoms with Gasteiger partial charge in [-0.25, -0.2) is 0 Å². The summed E-state index contributed by atoms with van der Waals surface area (Å²) in [4.78, 5) is 0. The van der Waals surface area contributed by atoms with Crippen molar-refractivity contribution in [1.29, 1.82) is 0 Å². The van der Waals surface area contributed by atoms with Crippen molar-refractivity contribution in [3.05, 3.63) is 42.0 Å². The maximum absolute atomic E-state index is 9.06. The number of halogens is 2. The minimum atomic E-state index is -1.82. The Bertz CT molecular complexity index is 497. The summed E-state index contributed by atoms with van der Waals surface area (Å²) in [5.74, 6) is 0. The zero-order chi connectivity index (χ0) is 14.5. The van der Waals surface area contributed by atoms with Gasteiger partial charge < -0.3 is 0 Å². The van der Waals surface area contributed by atoms with Crippen LogP contribution in [-0.4, -0.2) is 26.6 Å². The SMILES string of the molecule is C[C](C)=[Zr]([C]1=CC(CCO)=CC1)[C]1=CC(CCO)=CC1.Cl.Cl. The van der Waals surface area contributed by atoms with Crippen LogP contribution in [0.5, 0.6) is 0 Å². The zero-order valence-corrected chi connectivity index (χ0v) is 17.4. The van der Waals surface area contributed by atoms with Crippen molar-refractivity contribution in [2.45, 2.75) is 39.5 Å². The van der Waals surface area contributed by atoms with Gasteiger partial charge in [0.2, 0.25) is 0 Å². The van der Waals surface area contributed by atoms with Gasteiger partial charge in [-0.1, -0.05) is 0 Å². The van der Waals surface area contributed by atoms with Gasteiger partial charge in [-0.15, -0.1) is 24.8 Å². The van der Waals surface area contributed by atoms with E-state index in [4.69, 9.17) is 10.2 Å². The van der Waals surface area contributed by atoms with Crippen molar-refractivity contribution in [2.75, 3.05) is 13.2 Å². The number of allylic oxidation sites excluding steroid dienone is 6. The largest absolute Gasteiger partial charge is 0.147 e. The summed E-state index contributed by atoms with van der Waals surface area (Å²) >= 11 is -1.82. The van der Waals surface area contributed by atoms with Gasteiger partial charge in [0.1, 0.15) is 0 Å². The maximum Gasteiger partial charge on any atom is -0.147 e. The molecule has 2 N–H and O–H groups in total. The Morgan fingerprint density at radius 3 is 1.64 bits per heavy atom. The van der Waals surface area contributed by atoms with Gasteiger partial charge in [0.25, 0.3) is 0 Å². The number of aliphatic hydroxyl groups is 2. The molecule has 2 aliphatic rings. The summed E-state index contributed by atoms with van der Waals surface area (Å²) in [5.41, 5.74) is 2.62. The third-order valence-corrected chi connectivity index (χ3v) is 11.2. The zero-order valence-electron chi connectivity index (χ0n) is 13.3. The molecule has 0 saturated heterocycles. The van der Waals surface area contributed by atoms with Crippen LogP contribution in [0.15, 0.2) is 42.0 Å². The first-order valence-corrected chi connectivity index (χ1v) is 11.0. The van der Waals surface area contributed by atoms with Crippen molar-refractivity contribution < 1.29 is 31.5 Å². The Morgan fingerprint density at radius 2 is 1.32 bits per heavy atom. The number of aliphatic hydroxyl groups excluding tert-OH is 2. The van der Waals surface area contributed by atoms with Gasteiger partial charge in [-0.3, -0.25) is 0 Å². The molecule has 0 atom stereocenters. The predicted octanol–water partition coefficient (Wildman–Crippen LogP) is 3.85. The van der Waals surface area contributed by atoms with Gasteiger partial charge >= 0.3 is 129 Å². The molecule has 0 aromatic carbocycles. The van der Waals surface area contributed by atoms with E-state index in [-0.39, 0.29) is 38.0 Å². The summed E-state index contributed by atoms with van der Waals surface area (Å²) in [7, 11) is 0. The summed E-state index contributed by atoms with van der Waals surface area (Å²) < 4.78 is 4.89. The molecule has 0 amide bonds. The summed E-state index contributed by atoms with van der Waals surface area (Å²) in [5, 5.41) is 18.1. The van der Waals surface area contributed by atoms with Gasteiger partial charge in [-0.05, 0) is 0 Å². The summed E-state index contributed by atoms with van der Waals surface area (Å²) in [6, 6.07) is 0. The van der Waals surface area contributed by atoms with Crippen LogP contribution in [0.25, 0.3) is 0 Å². The van der Waals surface area contributed by atoms with Crippen molar-refractivity contribution >= 4 is 28.0 Å². The Hall–Kier alpha value is 0.213. The van der Waals surface area contributed by atoms with Crippen LogP contribution in [0, 0.1) is 0 Å². The maximum atomic E-state index is 9.06. The molecule has 0 aromatic heterocycles. The van der Waals surface area contributed by atoms with E-state index in [1.54, 1.807) is 9.77 Å². The monoisotopic (exact) mass is 422 g/mol. The average molecular weight is 425 g/mol. The first kappa shape index (κ1) is 22.2. The Morgan fingerprint density at radius 1 is 0.909 bits per heavy atom. The molecule has 22 heavy (non-hydrogen) atoms. The smallest absolute Gasteiger partial charge is 0.147 e. The molecule has 2 nitrogen and oxygen atoms in total. The number of rotatable bonds is 6. The first-order valence-electron chi connectivity index (χ1n) is 7.35. The fraction of sp³-hybridized carbons (Fsp3) is 0.471. The molecule has 0 radical (unpaired) electrons. The molecule has 0 bridgehead atoms. The fourth-order valence-electron chi connectivity index (χ4n) is 2.97. The quantitative estimate of drug-likeness (QED) is 0.680. The molecule has 124 valence electrons. The minimum Gasteiger partial charge on any atom is -0.147 e. The van der Waals surface area contributed by atoms with Crippen LogP contribution < -0.4 is 0 Å². The molecule has 2 rings (SSSR count). The second-order valence-electron chi connectivity index (χ2n) is 5.63. The van der Waals surface area contributed by atoms with Gasteiger partial charge in [0, 0.05) is 0 Å². The predicted molar refractivity (Wildman–Crippen MR) is 95.8 cm³/mol. The second-order valence-corrected chi connectivity index (χ2v) is 13.1. The third-order valence-electron chi connectivity index (χ3n) is 3.83. The van der Waals surface area contributed by atoms with Crippen molar-refractivity contribution in [2.24, 2.45) is 0 Å². The van der Waals surface area contributed by atoms with E-state index < -0.39 is 21.3 Å². The Balaban J connectivity index is 0.00000220. The van der Waals surface area contributed by atoms with Crippen LogP contribution in [0.4, 0.5) is 0 Å². The number of hydrogen-bond acceptors (Lipinski definition) is 2. The van der Waals surface area contributed by atoms with Crippen LogP contribution in [0.2, 0.25) is 0 Å². The van der Waals surface area contributed by atoms with Crippen LogP contribution in [-0.2, 0) is 21.3 Å². The molecule has 0 aliphatic heterocycles. The van der Waals surface area contributed by atoms with Gasteiger partial charge in [0.05, 0.1) is 0 Å². The Labute approximate surface area is 153 Å². The van der Waals surface area contributed by atoms with Crippen molar-refractivity contribution in [1.82, 2.24) is 0 Å². The third kappa shape index (κ3) is 5.69. The molecular formula is C17H26Cl2O2Zr. The molecule has 0 fully saturated rings. The van der Waals surface area contributed by atoms with E-state index in [2.05, 4.69) is 38.2 Å². The van der Waals surface area contributed by atoms with E-state index in [0.29, 0.717) is 0 Å². The standard InChI is InChI=1S/2C7H9O.C3H6.2ClH.Zr/c2*8-6-5-7-3-1-2-4-7;1-3-2;;;/h2*3-4,8H,1,5-6H2;1-2H3;2*1H;. The molecule has 0 saturated carbocycles. The molecule has 5 heteroatoms. The van der Waals surface area contributed by atoms with Crippen LogP contribution in [0.3, 0.4) is 0 Å². The van der Waals surface area contributed by atoms with Crippen molar-refractivity contribution in [3.63, 3.8) is 0 Å². The minimum absolute atomic E-state index is 0. The molecule has 0 unspecified atom stereocenters. The van der Waals surface area contributed by atoms with Crippen molar-refractivity contribution in [3.8, 4) is 0 Å². The van der Waals surface area contributed by atoms with E-state index in [1.165, 1.54) is 11.1 Å². The fourth-order valence-corrected chi connectivity index (χ4v) is 10.3. The molecule has 2 aliphatic carbocycles. The normalized spacial score (nSPS) is 16.0. The van der Waals surface area contributed by atoms with E-state index in [0.717, 1.165) is 25.7 Å². The second kappa shape index (κ2) is 10.9. The molecule has 0 heterocycles. The van der Waals surface area contributed by atoms with Gasteiger partial charge in [-0.2, -0.15) is 0 Å².